The molecule has 0 atom stereocenters. The van der Waals surface area contributed by atoms with Crippen molar-refractivity contribution >= 4 is 8.32 Å². The summed E-state index contributed by atoms with van der Waals surface area (Å²) in [6, 6.07) is 3.37. The molecule has 20 heavy (non-hydrogen) atoms. The number of ether oxygens (including phenoxy) is 2. The maximum absolute atomic E-state index is 6.45. The van der Waals surface area contributed by atoms with Gasteiger partial charge in [0.25, 0.3) is 0 Å². The molecule has 0 N–H and O–H groups in total. The first kappa shape index (κ1) is 17.3. The van der Waals surface area contributed by atoms with Gasteiger partial charge in [0.2, 0.25) is 14.1 Å². The zero-order valence-corrected chi connectivity index (χ0v) is 14.9. The minimum atomic E-state index is -1.68. The van der Waals surface area contributed by atoms with E-state index in [1.165, 1.54) is 0 Å². The Morgan fingerprint density at radius 3 is 2.25 bits per heavy atom. The van der Waals surface area contributed by atoms with Crippen LogP contribution < -0.4 is 0 Å². The van der Waals surface area contributed by atoms with E-state index in [1.54, 1.807) is 0 Å². The lowest BCUT2D eigenvalue weighted by atomic mass is 10.2. The van der Waals surface area contributed by atoms with Gasteiger partial charge < -0.3 is 13.9 Å². The first-order valence-electron chi connectivity index (χ1n) is 7.83. The molecule has 0 amide bonds. The average Bonchev–Trinajstić information content (AvgIpc) is 2.44. The van der Waals surface area contributed by atoms with Gasteiger partial charge in [0.15, 0.2) is 5.76 Å². The Balaban J connectivity index is 3.02. The molecule has 3 nitrogen and oxygen atoms in total. The lowest BCUT2D eigenvalue weighted by Crippen LogP contribution is -2.40. The van der Waals surface area contributed by atoms with Crippen LogP contribution in [0.15, 0.2) is 23.7 Å². The highest BCUT2D eigenvalue weighted by molar-refractivity contribution is 6.73. The van der Waals surface area contributed by atoms with Crippen LogP contribution in [0.4, 0.5) is 0 Å². The second kappa shape index (κ2) is 7.32. The Hall–Kier alpha value is -0.743. The Labute approximate surface area is 125 Å². The molecular formula is C16H30O3Si. The van der Waals surface area contributed by atoms with Crippen LogP contribution in [0.3, 0.4) is 0 Å². The van der Waals surface area contributed by atoms with Crippen LogP contribution in [0.25, 0.3) is 0 Å². The van der Waals surface area contributed by atoms with Crippen LogP contribution in [0, 0.1) is 0 Å². The minimum Gasteiger partial charge on any atom is -0.542 e. The number of hydrogen-bond donors (Lipinski definition) is 0. The maximum Gasteiger partial charge on any atom is 0.250 e. The highest BCUT2D eigenvalue weighted by atomic mass is 28.4. The minimum absolute atomic E-state index is 0.505. The van der Waals surface area contributed by atoms with Crippen LogP contribution >= 0.6 is 0 Å². The zero-order valence-electron chi connectivity index (χ0n) is 13.9. The predicted octanol–water partition coefficient (Wildman–Crippen LogP) is 4.97. The highest BCUT2D eigenvalue weighted by Gasteiger charge is 2.36. The molecule has 0 aromatic rings. The predicted molar refractivity (Wildman–Crippen MR) is 85.9 cm³/mol. The molecule has 0 saturated carbocycles. The molecule has 0 saturated heterocycles. The Kier molecular flexibility index (Phi) is 6.33. The molecule has 0 fully saturated rings. The molecule has 0 aromatic heterocycles. The van der Waals surface area contributed by atoms with E-state index >= 15 is 0 Å². The van der Waals surface area contributed by atoms with E-state index in [4.69, 9.17) is 13.9 Å². The van der Waals surface area contributed by atoms with Crippen molar-refractivity contribution in [2.45, 2.75) is 71.9 Å². The van der Waals surface area contributed by atoms with Gasteiger partial charge in [-0.1, -0.05) is 33.8 Å². The smallest absolute Gasteiger partial charge is 0.250 e. The topological polar surface area (TPSA) is 27.7 Å². The van der Waals surface area contributed by atoms with Gasteiger partial charge in [-0.2, -0.15) is 0 Å². The molecule has 0 aromatic carbocycles. The molecule has 0 radical (unpaired) electrons. The summed E-state index contributed by atoms with van der Waals surface area (Å²) in [5.41, 5.74) is 0. The van der Waals surface area contributed by atoms with Gasteiger partial charge in [-0.3, -0.25) is 0 Å². The molecule has 4 heteroatoms. The van der Waals surface area contributed by atoms with Gasteiger partial charge >= 0.3 is 0 Å². The van der Waals surface area contributed by atoms with Crippen LogP contribution in [0.2, 0.25) is 18.1 Å². The summed E-state index contributed by atoms with van der Waals surface area (Å²) >= 11 is 0. The van der Waals surface area contributed by atoms with Crippen molar-refractivity contribution in [3.63, 3.8) is 0 Å². The normalized spacial score (nSPS) is 19.3. The third-order valence-corrected chi connectivity index (χ3v) is 8.50. The van der Waals surface area contributed by atoms with Gasteiger partial charge in [0.05, 0.1) is 0 Å². The number of allylic oxidation sites excluding steroid dienone is 2. The quantitative estimate of drug-likeness (QED) is 0.621. The van der Waals surface area contributed by atoms with Crippen LogP contribution in [0.1, 0.15) is 48.0 Å². The molecular weight excluding hydrogens is 268 g/mol. The fourth-order valence-electron chi connectivity index (χ4n) is 2.32. The van der Waals surface area contributed by atoms with Crippen LogP contribution in [-0.2, 0) is 13.9 Å². The molecule has 1 aliphatic heterocycles. The first-order valence-corrected chi connectivity index (χ1v) is 10.4. The summed E-state index contributed by atoms with van der Waals surface area (Å²) in [6.45, 7) is 13.2. The fraction of sp³-hybridized carbons (Fsp3) is 0.750. The van der Waals surface area contributed by atoms with Crippen molar-refractivity contribution in [3.8, 4) is 0 Å². The molecule has 1 aliphatic rings. The fourth-order valence-corrected chi connectivity index (χ4v) is 4.94. The Morgan fingerprint density at radius 1 is 1.15 bits per heavy atom. The summed E-state index contributed by atoms with van der Waals surface area (Å²) in [4.78, 5) is 0. The van der Waals surface area contributed by atoms with Crippen molar-refractivity contribution in [1.82, 2.24) is 0 Å². The summed E-state index contributed by atoms with van der Waals surface area (Å²) in [6.07, 6.45) is 5.12. The maximum atomic E-state index is 6.45. The first-order chi connectivity index (χ1) is 9.42. The molecule has 0 unspecified atom stereocenters. The van der Waals surface area contributed by atoms with Gasteiger partial charge in [0, 0.05) is 13.8 Å². The second-order valence-corrected chi connectivity index (χ2v) is 10.4. The van der Waals surface area contributed by atoms with Crippen molar-refractivity contribution in [2.75, 3.05) is 6.61 Å². The second-order valence-electron chi connectivity index (χ2n) is 5.73. The van der Waals surface area contributed by atoms with Crippen molar-refractivity contribution in [1.29, 1.82) is 0 Å². The van der Waals surface area contributed by atoms with E-state index in [0.717, 1.165) is 36.1 Å². The Bertz CT molecular complexity index is 360. The number of hydrogen-bond acceptors (Lipinski definition) is 3. The average molecular weight is 298 g/mol. The summed E-state index contributed by atoms with van der Waals surface area (Å²) in [7, 11) is -1.68. The third kappa shape index (κ3) is 4.38. The molecule has 1 heterocycles. The summed E-state index contributed by atoms with van der Waals surface area (Å²) < 4.78 is 18.1. The third-order valence-electron chi connectivity index (χ3n) is 3.96. The van der Waals surface area contributed by atoms with Gasteiger partial charge in [-0.15, -0.1) is 0 Å². The molecule has 0 aliphatic carbocycles. The molecule has 0 bridgehead atoms. The largest absolute Gasteiger partial charge is 0.542 e. The van der Waals surface area contributed by atoms with Crippen LogP contribution in [0.5, 0.6) is 0 Å². The lowest BCUT2D eigenvalue weighted by Gasteiger charge is -2.37. The highest BCUT2D eigenvalue weighted by Crippen LogP contribution is 2.32. The zero-order chi connectivity index (χ0) is 15.2. The SMILES string of the molecule is CC/C=C/C1=C(O[Si](CC)(CC)CC)COC(C)(C)O1. The van der Waals surface area contributed by atoms with Crippen molar-refractivity contribution in [2.24, 2.45) is 0 Å². The van der Waals surface area contributed by atoms with Crippen LogP contribution in [-0.4, -0.2) is 20.7 Å². The van der Waals surface area contributed by atoms with Gasteiger partial charge in [-0.25, -0.2) is 0 Å². The standard InChI is InChI=1S/C16H30O3Si/c1-7-11-12-14-15(13-17-16(5,6)18-14)19-20(8-2,9-3)10-4/h11-12H,7-10,13H2,1-6H3/b12-11+. The number of rotatable bonds is 7. The van der Waals surface area contributed by atoms with E-state index in [-0.39, 0.29) is 0 Å². The van der Waals surface area contributed by atoms with Gasteiger partial charge in [0.1, 0.15) is 12.4 Å². The molecule has 1 rings (SSSR count). The van der Waals surface area contributed by atoms with E-state index in [9.17, 15) is 0 Å². The van der Waals surface area contributed by atoms with E-state index in [1.807, 2.05) is 19.9 Å². The molecule has 116 valence electrons. The van der Waals surface area contributed by atoms with E-state index in [0.29, 0.717) is 6.61 Å². The summed E-state index contributed by atoms with van der Waals surface area (Å²) in [5, 5.41) is 0. The van der Waals surface area contributed by atoms with Crippen molar-refractivity contribution < 1.29 is 13.9 Å². The monoisotopic (exact) mass is 298 g/mol. The van der Waals surface area contributed by atoms with E-state index in [2.05, 4.69) is 33.8 Å². The van der Waals surface area contributed by atoms with Gasteiger partial charge in [-0.05, 0) is 30.6 Å². The Morgan fingerprint density at radius 2 is 1.75 bits per heavy atom. The summed E-state index contributed by atoms with van der Waals surface area (Å²) in [5.74, 6) is 1.15. The van der Waals surface area contributed by atoms with Crippen molar-refractivity contribution in [3.05, 3.63) is 23.7 Å². The lowest BCUT2D eigenvalue weighted by molar-refractivity contribution is -0.204. The van der Waals surface area contributed by atoms with E-state index < -0.39 is 14.1 Å². The molecule has 0 spiro atoms.